The van der Waals surface area contributed by atoms with Gasteiger partial charge in [-0.15, -0.1) is 0 Å². The number of para-hydroxylation sites is 1. The summed E-state index contributed by atoms with van der Waals surface area (Å²) < 4.78 is 16.5. The van der Waals surface area contributed by atoms with Crippen molar-refractivity contribution in [3.8, 4) is 16.8 Å². The SMILES string of the molecule is C[C@H](Nc1ncnc2[nH]ccc(=O)c12)c1c(Cl)c2cccc(-c3cc(Cl)ccc3F)c2c(=O)n1-c1ccccc1. The first-order chi connectivity index (χ1) is 19.3. The molecule has 0 saturated carbocycles. The Morgan fingerprint density at radius 2 is 1.73 bits per heavy atom. The highest BCUT2D eigenvalue weighted by molar-refractivity contribution is 6.36. The second-order valence-corrected chi connectivity index (χ2v) is 10.00. The van der Waals surface area contributed by atoms with Crippen LogP contribution in [0.1, 0.15) is 18.7 Å². The number of fused-ring (bicyclic) bond motifs is 2. The molecule has 0 radical (unpaired) electrons. The third-order valence-corrected chi connectivity index (χ3v) is 7.36. The maximum Gasteiger partial charge on any atom is 0.263 e. The van der Waals surface area contributed by atoms with Gasteiger partial charge in [0.05, 0.1) is 22.1 Å². The Morgan fingerprint density at radius 3 is 2.52 bits per heavy atom. The largest absolute Gasteiger partial charge is 0.361 e. The molecule has 6 aromatic rings. The lowest BCUT2D eigenvalue weighted by molar-refractivity contribution is 0.631. The van der Waals surface area contributed by atoms with Crippen molar-refractivity contribution in [3.63, 3.8) is 0 Å². The number of rotatable bonds is 5. The van der Waals surface area contributed by atoms with Crippen molar-refractivity contribution in [3.05, 3.63) is 127 Å². The predicted molar refractivity (Wildman–Crippen MR) is 157 cm³/mol. The number of aromatic nitrogens is 4. The van der Waals surface area contributed by atoms with Crippen molar-refractivity contribution in [2.75, 3.05) is 5.32 Å². The molecule has 10 heteroatoms. The van der Waals surface area contributed by atoms with Crippen LogP contribution in [0.2, 0.25) is 10.0 Å². The van der Waals surface area contributed by atoms with Gasteiger partial charge in [0.15, 0.2) is 5.43 Å². The molecule has 0 unspecified atom stereocenters. The van der Waals surface area contributed by atoms with Crippen LogP contribution in [0.15, 0.2) is 94.9 Å². The van der Waals surface area contributed by atoms with Gasteiger partial charge in [-0.2, -0.15) is 0 Å². The van der Waals surface area contributed by atoms with E-state index in [1.54, 1.807) is 30.3 Å². The topological polar surface area (TPSA) is 92.7 Å². The lowest BCUT2D eigenvalue weighted by Crippen LogP contribution is -2.27. The molecule has 0 aliphatic heterocycles. The van der Waals surface area contributed by atoms with Crippen LogP contribution in [-0.4, -0.2) is 19.5 Å². The minimum atomic E-state index is -0.603. The Bertz CT molecular complexity index is 2040. The Kier molecular flexibility index (Phi) is 6.57. The van der Waals surface area contributed by atoms with Crippen molar-refractivity contribution in [2.45, 2.75) is 13.0 Å². The van der Waals surface area contributed by atoms with Gasteiger partial charge in [-0.3, -0.25) is 14.2 Å². The minimum Gasteiger partial charge on any atom is -0.361 e. The van der Waals surface area contributed by atoms with Crippen LogP contribution in [0.3, 0.4) is 0 Å². The fourth-order valence-corrected chi connectivity index (χ4v) is 5.54. The van der Waals surface area contributed by atoms with Gasteiger partial charge in [0.2, 0.25) is 0 Å². The number of halogens is 3. The van der Waals surface area contributed by atoms with E-state index in [0.717, 1.165) is 0 Å². The number of anilines is 1. The Morgan fingerprint density at radius 1 is 0.925 bits per heavy atom. The lowest BCUT2D eigenvalue weighted by Gasteiger charge is -2.24. The zero-order valence-electron chi connectivity index (χ0n) is 21.0. The van der Waals surface area contributed by atoms with Crippen LogP contribution in [0.5, 0.6) is 0 Å². The smallest absolute Gasteiger partial charge is 0.263 e. The van der Waals surface area contributed by atoms with E-state index in [-0.39, 0.29) is 32.6 Å². The first-order valence-electron chi connectivity index (χ1n) is 12.3. The molecule has 7 nitrogen and oxygen atoms in total. The zero-order chi connectivity index (χ0) is 28.0. The van der Waals surface area contributed by atoms with E-state index in [4.69, 9.17) is 23.2 Å². The fraction of sp³-hybridized carbons (Fsp3) is 0.0667. The van der Waals surface area contributed by atoms with Gasteiger partial charge in [0.1, 0.15) is 29.0 Å². The summed E-state index contributed by atoms with van der Waals surface area (Å²) in [5.74, 6) is -0.226. The van der Waals surface area contributed by atoms with Crippen molar-refractivity contribution >= 4 is 50.8 Å². The summed E-state index contributed by atoms with van der Waals surface area (Å²) in [6.45, 7) is 1.82. The van der Waals surface area contributed by atoms with Gasteiger partial charge in [-0.1, -0.05) is 59.6 Å². The average molecular weight is 572 g/mol. The summed E-state index contributed by atoms with van der Waals surface area (Å²) in [5.41, 5.74) is 1.28. The fourth-order valence-electron chi connectivity index (χ4n) is 4.96. The molecule has 1 atom stereocenters. The molecular formula is C30H20Cl2FN5O2. The van der Waals surface area contributed by atoms with E-state index < -0.39 is 17.4 Å². The van der Waals surface area contributed by atoms with Gasteiger partial charge in [0, 0.05) is 33.9 Å². The van der Waals surface area contributed by atoms with Gasteiger partial charge in [0.25, 0.3) is 5.56 Å². The number of H-pyrrole nitrogens is 1. The molecule has 3 aromatic carbocycles. The summed E-state index contributed by atoms with van der Waals surface area (Å²) in [6.07, 6.45) is 2.85. The number of pyridine rings is 2. The molecule has 6 rings (SSSR count). The van der Waals surface area contributed by atoms with Gasteiger partial charge < -0.3 is 10.3 Å². The average Bonchev–Trinajstić information content (AvgIpc) is 2.96. The first kappa shape index (κ1) is 25.7. The molecule has 3 heterocycles. The highest BCUT2D eigenvalue weighted by Crippen LogP contribution is 2.37. The summed E-state index contributed by atoms with van der Waals surface area (Å²) in [5, 5.41) is 4.85. The monoisotopic (exact) mass is 571 g/mol. The maximum absolute atomic E-state index is 15.0. The van der Waals surface area contributed by atoms with Crippen LogP contribution in [0.4, 0.5) is 10.2 Å². The van der Waals surface area contributed by atoms with E-state index in [1.807, 2.05) is 25.1 Å². The van der Waals surface area contributed by atoms with Crippen LogP contribution in [0.25, 0.3) is 38.6 Å². The molecule has 0 saturated heterocycles. The highest BCUT2D eigenvalue weighted by atomic mass is 35.5. The van der Waals surface area contributed by atoms with Crippen molar-refractivity contribution in [1.82, 2.24) is 19.5 Å². The van der Waals surface area contributed by atoms with E-state index in [0.29, 0.717) is 33.0 Å². The second kappa shape index (κ2) is 10.2. The summed E-state index contributed by atoms with van der Waals surface area (Å²) in [7, 11) is 0. The Labute approximate surface area is 236 Å². The molecule has 3 aromatic heterocycles. The van der Waals surface area contributed by atoms with E-state index in [2.05, 4.69) is 20.3 Å². The van der Waals surface area contributed by atoms with Crippen LogP contribution in [-0.2, 0) is 0 Å². The van der Waals surface area contributed by atoms with Crippen LogP contribution < -0.4 is 16.3 Å². The minimum absolute atomic E-state index is 0.191. The molecule has 2 N–H and O–H groups in total. The Hall–Kier alpha value is -4.53. The van der Waals surface area contributed by atoms with Crippen molar-refractivity contribution in [2.24, 2.45) is 0 Å². The molecule has 0 aliphatic rings. The molecule has 0 amide bonds. The highest BCUT2D eigenvalue weighted by Gasteiger charge is 2.25. The Balaban J connectivity index is 1.64. The third kappa shape index (κ3) is 4.31. The zero-order valence-corrected chi connectivity index (χ0v) is 22.5. The van der Waals surface area contributed by atoms with E-state index in [9.17, 15) is 14.0 Å². The quantitative estimate of drug-likeness (QED) is 0.234. The van der Waals surface area contributed by atoms with Gasteiger partial charge in [-0.05, 0) is 42.8 Å². The molecule has 40 heavy (non-hydrogen) atoms. The second-order valence-electron chi connectivity index (χ2n) is 9.18. The number of nitrogens with zero attached hydrogens (tertiary/aromatic N) is 3. The standard InChI is InChI=1S/C30H20Cl2FN5O2/c1-16(37-29-25-23(39)12-13-34-28(25)35-15-36-29)27-26(32)20-9-5-8-19(21-14-17(31)10-11-22(21)33)24(20)30(40)38(27)18-6-3-2-4-7-18/h2-16H,1H3,(H2,34,35,36,37,39)/t16-/m0/s1. The first-order valence-corrected chi connectivity index (χ1v) is 13.1. The van der Waals surface area contributed by atoms with Crippen molar-refractivity contribution < 1.29 is 4.39 Å². The summed E-state index contributed by atoms with van der Waals surface area (Å²) in [6, 6.07) is 19.1. The van der Waals surface area contributed by atoms with Gasteiger partial charge in [-0.25, -0.2) is 14.4 Å². The number of nitrogens with one attached hydrogen (secondary N) is 2. The molecule has 0 spiro atoms. The molecule has 0 bridgehead atoms. The van der Waals surface area contributed by atoms with E-state index in [1.165, 1.54) is 41.4 Å². The summed E-state index contributed by atoms with van der Waals surface area (Å²) in [4.78, 5) is 38.4. The van der Waals surface area contributed by atoms with Crippen LogP contribution in [0, 0.1) is 5.82 Å². The summed E-state index contributed by atoms with van der Waals surface area (Å²) >= 11 is 13.3. The molecule has 198 valence electrons. The molecule has 0 aliphatic carbocycles. The normalized spacial score (nSPS) is 12.1. The van der Waals surface area contributed by atoms with Crippen LogP contribution >= 0.6 is 23.2 Å². The lowest BCUT2D eigenvalue weighted by atomic mass is 9.97. The number of benzene rings is 3. The van der Waals surface area contributed by atoms with Gasteiger partial charge >= 0.3 is 0 Å². The predicted octanol–water partition coefficient (Wildman–Crippen LogP) is 6.91. The molecular weight excluding hydrogens is 552 g/mol. The maximum atomic E-state index is 15.0. The number of hydrogen-bond donors (Lipinski definition) is 2. The third-order valence-electron chi connectivity index (χ3n) is 6.73. The molecule has 0 fully saturated rings. The number of aromatic amines is 1. The van der Waals surface area contributed by atoms with Crippen molar-refractivity contribution in [1.29, 1.82) is 0 Å². The van der Waals surface area contributed by atoms with E-state index >= 15 is 0 Å². The number of hydrogen-bond acceptors (Lipinski definition) is 5.